The van der Waals surface area contributed by atoms with Crippen molar-refractivity contribution in [3.63, 3.8) is 0 Å². The first kappa shape index (κ1) is 11.3. The molecule has 0 unspecified atom stereocenters. The van der Waals surface area contributed by atoms with Gasteiger partial charge in [0.25, 0.3) is 0 Å². The number of hydrogen-bond donors (Lipinski definition) is 0. The summed E-state index contributed by atoms with van der Waals surface area (Å²) >= 11 is 0. The zero-order valence-corrected chi connectivity index (χ0v) is 9.38. The smallest absolute Gasteiger partial charge is 0.0323 e. The maximum atomic E-state index is 5.49. The lowest BCUT2D eigenvalue weighted by atomic mass is 9.89. The van der Waals surface area contributed by atoms with E-state index >= 15 is 0 Å². The molecule has 0 atom stereocenters. The fraction of sp³-hybridized carbons (Fsp3) is 0.200. The standard InChI is InChI=1S/C15H16/c1-6-13-9-8-10-14(7-2)15(13)12(5)11(3)4/h1,7-11H,2,5H2,3-4H3. The molecule has 0 spiro atoms. The molecule has 0 saturated heterocycles. The Hall–Kier alpha value is -1.74. The molecule has 0 aliphatic rings. The topological polar surface area (TPSA) is 0 Å². The van der Waals surface area contributed by atoms with Gasteiger partial charge in [-0.05, 0) is 23.1 Å². The molecule has 0 N–H and O–H groups in total. The van der Waals surface area contributed by atoms with Crippen molar-refractivity contribution in [1.29, 1.82) is 0 Å². The van der Waals surface area contributed by atoms with Gasteiger partial charge in [0.05, 0.1) is 0 Å². The molecule has 0 bridgehead atoms. The van der Waals surface area contributed by atoms with E-state index in [1.807, 2.05) is 24.3 Å². The number of terminal acetylenes is 1. The summed E-state index contributed by atoms with van der Waals surface area (Å²) in [5.74, 6) is 3.08. The van der Waals surface area contributed by atoms with Crippen LogP contribution in [0.25, 0.3) is 11.6 Å². The first-order valence-electron chi connectivity index (χ1n) is 5.03. The van der Waals surface area contributed by atoms with Crippen molar-refractivity contribution in [2.45, 2.75) is 13.8 Å². The number of hydrogen-bond acceptors (Lipinski definition) is 0. The average molecular weight is 196 g/mol. The Bertz CT molecular complexity index is 428. The third kappa shape index (κ3) is 2.19. The van der Waals surface area contributed by atoms with Gasteiger partial charge in [0.15, 0.2) is 0 Å². The van der Waals surface area contributed by atoms with Crippen LogP contribution in [0.1, 0.15) is 30.5 Å². The van der Waals surface area contributed by atoms with Gasteiger partial charge in [-0.1, -0.05) is 51.1 Å². The highest BCUT2D eigenvalue weighted by molar-refractivity contribution is 5.77. The van der Waals surface area contributed by atoms with Crippen molar-refractivity contribution in [2.75, 3.05) is 0 Å². The summed E-state index contributed by atoms with van der Waals surface area (Å²) in [7, 11) is 0. The van der Waals surface area contributed by atoms with Crippen molar-refractivity contribution >= 4 is 11.6 Å². The highest BCUT2D eigenvalue weighted by Crippen LogP contribution is 2.28. The molecule has 0 radical (unpaired) electrons. The zero-order valence-electron chi connectivity index (χ0n) is 9.38. The molecule has 76 valence electrons. The maximum absolute atomic E-state index is 5.49. The minimum Gasteiger partial charge on any atom is -0.115 e. The van der Waals surface area contributed by atoms with E-state index < -0.39 is 0 Å². The zero-order chi connectivity index (χ0) is 11.4. The quantitative estimate of drug-likeness (QED) is 0.641. The van der Waals surface area contributed by atoms with Crippen LogP contribution in [0.2, 0.25) is 0 Å². The Morgan fingerprint density at radius 2 is 2.13 bits per heavy atom. The summed E-state index contributed by atoms with van der Waals surface area (Å²) in [5, 5.41) is 0. The van der Waals surface area contributed by atoms with Crippen LogP contribution in [0.4, 0.5) is 0 Å². The van der Waals surface area contributed by atoms with Gasteiger partial charge >= 0.3 is 0 Å². The molecule has 15 heavy (non-hydrogen) atoms. The van der Waals surface area contributed by atoms with E-state index in [9.17, 15) is 0 Å². The van der Waals surface area contributed by atoms with Gasteiger partial charge in [0.2, 0.25) is 0 Å². The molecule has 0 aromatic heterocycles. The van der Waals surface area contributed by atoms with E-state index in [1.165, 1.54) is 0 Å². The molecule has 0 nitrogen and oxygen atoms in total. The molecule has 0 heterocycles. The lowest BCUT2D eigenvalue weighted by Gasteiger charge is -2.14. The molecular weight excluding hydrogens is 180 g/mol. The second-order valence-corrected chi connectivity index (χ2v) is 3.80. The average Bonchev–Trinajstić information content (AvgIpc) is 2.26. The van der Waals surface area contributed by atoms with Crippen molar-refractivity contribution in [3.8, 4) is 12.3 Å². The van der Waals surface area contributed by atoms with Crippen molar-refractivity contribution in [2.24, 2.45) is 5.92 Å². The Kier molecular flexibility index (Phi) is 3.52. The SMILES string of the molecule is C#Cc1cccc(C=C)c1C(=C)C(C)C. The minimum atomic E-state index is 0.387. The fourth-order valence-corrected chi connectivity index (χ4v) is 1.51. The molecular formula is C15H16. The predicted octanol–water partition coefficient (Wildman–Crippen LogP) is 3.98. The van der Waals surface area contributed by atoms with Gasteiger partial charge in [0, 0.05) is 11.1 Å². The van der Waals surface area contributed by atoms with Crippen LogP contribution in [0, 0.1) is 18.3 Å². The van der Waals surface area contributed by atoms with Crippen molar-refractivity contribution < 1.29 is 0 Å². The largest absolute Gasteiger partial charge is 0.115 e. The molecule has 1 aromatic rings. The summed E-state index contributed by atoms with van der Waals surface area (Å²) in [6.45, 7) is 12.1. The van der Waals surface area contributed by atoms with Crippen LogP contribution in [0.15, 0.2) is 31.4 Å². The monoisotopic (exact) mass is 196 g/mol. The van der Waals surface area contributed by atoms with E-state index in [2.05, 4.69) is 32.9 Å². The van der Waals surface area contributed by atoms with Crippen LogP contribution in [0.3, 0.4) is 0 Å². The highest BCUT2D eigenvalue weighted by atomic mass is 14.1. The summed E-state index contributed by atoms with van der Waals surface area (Å²) in [6.07, 6.45) is 7.31. The van der Waals surface area contributed by atoms with Gasteiger partial charge in [-0.25, -0.2) is 0 Å². The minimum absolute atomic E-state index is 0.387. The van der Waals surface area contributed by atoms with Gasteiger partial charge in [-0.2, -0.15) is 0 Å². The van der Waals surface area contributed by atoms with Crippen LogP contribution in [-0.2, 0) is 0 Å². The van der Waals surface area contributed by atoms with Crippen LogP contribution in [0.5, 0.6) is 0 Å². The summed E-state index contributed by atoms with van der Waals surface area (Å²) in [4.78, 5) is 0. The second-order valence-electron chi connectivity index (χ2n) is 3.80. The second kappa shape index (κ2) is 4.66. The first-order valence-corrected chi connectivity index (χ1v) is 5.03. The van der Waals surface area contributed by atoms with Crippen LogP contribution < -0.4 is 0 Å². The predicted molar refractivity (Wildman–Crippen MR) is 68.3 cm³/mol. The normalized spacial score (nSPS) is 9.73. The summed E-state index contributed by atoms with van der Waals surface area (Å²) in [6, 6.07) is 5.90. The third-order valence-corrected chi connectivity index (χ3v) is 2.49. The molecule has 0 aliphatic carbocycles. The van der Waals surface area contributed by atoms with E-state index in [4.69, 9.17) is 6.42 Å². The molecule has 1 rings (SSSR count). The van der Waals surface area contributed by atoms with E-state index in [0.29, 0.717) is 5.92 Å². The van der Waals surface area contributed by atoms with Gasteiger partial charge < -0.3 is 0 Å². The molecule has 0 heteroatoms. The lowest BCUT2D eigenvalue weighted by Crippen LogP contribution is -1.98. The Morgan fingerprint density at radius 3 is 2.60 bits per heavy atom. The van der Waals surface area contributed by atoms with E-state index in [-0.39, 0.29) is 0 Å². The van der Waals surface area contributed by atoms with E-state index in [0.717, 1.165) is 22.3 Å². The lowest BCUT2D eigenvalue weighted by molar-refractivity contribution is 0.857. The Balaban J connectivity index is 3.43. The van der Waals surface area contributed by atoms with Crippen molar-refractivity contribution in [3.05, 3.63) is 48.0 Å². The molecule has 0 aliphatic heterocycles. The molecule has 1 aromatic carbocycles. The van der Waals surface area contributed by atoms with Gasteiger partial charge in [-0.3, -0.25) is 0 Å². The first-order chi connectivity index (χ1) is 7.11. The fourth-order valence-electron chi connectivity index (χ4n) is 1.51. The van der Waals surface area contributed by atoms with Crippen LogP contribution in [-0.4, -0.2) is 0 Å². The highest BCUT2D eigenvalue weighted by Gasteiger charge is 2.10. The van der Waals surface area contributed by atoms with E-state index in [1.54, 1.807) is 0 Å². The van der Waals surface area contributed by atoms with Crippen molar-refractivity contribution in [1.82, 2.24) is 0 Å². The Labute approximate surface area is 92.3 Å². The summed E-state index contributed by atoms with van der Waals surface area (Å²) < 4.78 is 0. The molecule has 0 amide bonds. The molecule has 0 fully saturated rings. The maximum Gasteiger partial charge on any atom is 0.0323 e. The van der Waals surface area contributed by atoms with Crippen LogP contribution >= 0.6 is 0 Å². The number of benzene rings is 1. The number of allylic oxidation sites excluding steroid dienone is 1. The van der Waals surface area contributed by atoms with Gasteiger partial charge in [0.1, 0.15) is 0 Å². The summed E-state index contributed by atoms with van der Waals surface area (Å²) in [5.41, 5.74) is 4.08. The van der Waals surface area contributed by atoms with Gasteiger partial charge in [-0.15, -0.1) is 6.42 Å². The molecule has 0 saturated carbocycles. The Morgan fingerprint density at radius 1 is 1.47 bits per heavy atom. The third-order valence-electron chi connectivity index (χ3n) is 2.49. The number of rotatable bonds is 3.